The van der Waals surface area contributed by atoms with E-state index in [1.54, 1.807) is 6.20 Å². The number of sulfonamides is 1. The van der Waals surface area contributed by atoms with Gasteiger partial charge in [0.15, 0.2) is 5.78 Å². The highest BCUT2D eigenvalue weighted by molar-refractivity contribution is 7.88. The van der Waals surface area contributed by atoms with Crippen molar-refractivity contribution in [2.45, 2.75) is 31.8 Å². The number of allylic oxidation sites excluding steroid dienone is 1. The summed E-state index contributed by atoms with van der Waals surface area (Å²) in [5, 5.41) is 0. The Labute approximate surface area is 201 Å². The third-order valence-electron chi connectivity index (χ3n) is 7.16. The number of ketones is 1. The number of carbonyl (C=O) groups excluding carboxylic acids is 1. The van der Waals surface area contributed by atoms with E-state index in [2.05, 4.69) is 36.6 Å². The Morgan fingerprint density at radius 1 is 1.15 bits per heavy atom. The van der Waals surface area contributed by atoms with Gasteiger partial charge in [-0.2, -0.15) is 0 Å². The summed E-state index contributed by atoms with van der Waals surface area (Å²) in [6.45, 7) is 4.50. The first-order valence-electron chi connectivity index (χ1n) is 11.9. The standard InChI is InChI=1S/C25H31N5O3S/c1-34(32,33)28-20-6-4-19-5-7-24-23(25(31)22(19)13-20)14-21(16-27-24)30-11-9-29(10-12-30)17-18-3-2-8-26-15-18/h2-3,5,7-8,14-16,19-20,22,28H,4,6,9-13,17H2,1H3/t19?,20?,22-/m0/s1. The molecule has 0 aromatic carbocycles. The van der Waals surface area contributed by atoms with E-state index in [-0.39, 0.29) is 23.7 Å². The van der Waals surface area contributed by atoms with Gasteiger partial charge in [-0.25, -0.2) is 13.1 Å². The number of rotatable bonds is 5. The number of pyridine rings is 2. The molecule has 0 spiro atoms. The smallest absolute Gasteiger partial charge is 0.208 e. The van der Waals surface area contributed by atoms with Gasteiger partial charge in [0.2, 0.25) is 10.0 Å². The van der Waals surface area contributed by atoms with Crippen LogP contribution in [0.2, 0.25) is 0 Å². The molecule has 2 aromatic rings. The number of carbonyl (C=O) groups is 1. The van der Waals surface area contributed by atoms with Gasteiger partial charge in [0, 0.05) is 62.6 Å². The van der Waals surface area contributed by atoms with Crippen LogP contribution in [-0.2, 0) is 16.6 Å². The molecule has 0 radical (unpaired) electrons. The van der Waals surface area contributed by atoms with Crippen LogP contribution in [0.5, 0.6) is 0 Å². The van der Waals surface area contributed by atoms with Crippen LogP contribution in [-0.4, -0.2) is 67.5 Å². The van der Waals surface area contributed by atoms with Gasteiger partial charge >= 0.3 is 0 Å². The molecule has 3 heterocycles. The maximum Gasteiger partial charge on any atom is 0.208 e. The van der Waals surface area contributed by atoms with Crippen molar-refractivity contribution in [2.24, 2.45) is 11.8 Å². The van der Waals surface area contributed by atoms with Gasteiger partial charge in [-0.15, -0.1) is 0 Å². The highest BCUT2D eigenvalue weighted by Crippen LogP contribution is 2.37. The predicted molar refractivity (Wildman–Crippen MR) is 132 cm³/mol. The van der Waals surface area contributed by atoms with Crippen molar-refractivity contribution in [1.29, 1.82) is 0 Å². The summed E-state index contributed by atoms with van der Waals surface area (Å²) in [6, 6.07) is 5.86. The summed E-state index contributed by atoms with van der Waals surface area (Å²) in [4.78, 5) is 27.1. The molecule has 34 heavy (non-hydrogen) atoms. The Balaban J connectivity index is 1.28. The van der Waals surface area contributed by atoms with Crippen LogP contribution in [0.15, 0.2) is 42.9 Å². The van der Waals surface area contributed by atoms with Crippen LogP contribution >= 0.6 is 0 Å². The fraction of sp³-hybridized carbons (Fsp3) is 0.480. The van der Waals surface area contributed by atoms with Crippen molar-refractivity contribution in [3.05, 3.63) is 59.7 Å². The summed E-state index contributed by atoms with van der Waals surface area (Å²) in [6.07, 6.45) is 12.9. The van der Waals surface area contributed by atoms with Crippen LogP contribution < -0.4 is 9.62 Å². The molecule has 180 valence electrons. The number of aromatic nitrogens is 2. The zero-order chi connectivity index (χ0) is 23.7. The SMILES string of the molecule is CS(=O)(=O)NC1CCC2C=Cc3ncc(N4CCN(Cc5cccnc5)CC4)cc3C(=O)[C@H]2C1. The molecule has 3 aliphatic rings. The number of anilines is 1. The zero-order valence-corrected chi connectivity index (χ0v) is 20.2. The molecular weight excluding hydrogens is 450 g/mol. The lowest BCUT2D eigenvalue weighted by Gasteiger charge is -2.36. The van der Waals surface area contributed by atoms with E-state index in [0.717, 1.165) is 51.3 Å². The minimum atomic E-state index is -3.30. The van der Waals surface area contributed by atoms with Crippen LogP contribution in [0.1, 0.15) is 40.9 Å². The topological polar surface area (TPSA) is 95.5 Å². The summed E-state index contributed by atoms with van der Waals surface area (Å²) < 4.78 is 26.1. The van der Waals surface area contributed by atoms with Crippen molar-refractivity contribution in [2.75, 3.05) is 37.3 Å². The van der Waals surface area contributed by atoms with Gasteiger partial charge in [-0.05, 0) is 49.0 Å². The maximum atomic E-state index is 13.6. The Morgan fingerprint density at radius 3 is 2.71 bits per heavy atom. The molecule has 1 aliphatic heterocycles. The van der Waals surface area contributed by atoms with Gasteiger partial charge < -0.3 is 4.90 Å². The first kappa shape index (κ1) is 23.1. The van der Waals surface area contributed by atoms with Crippen molar-refractivity contribution in [3.8, 4) is 0 Å². The maximum absolute atomic E-state index is 13.6. The molecular formula is C25H31N5O3S. The van der Waals surface area contributed by atoms with Gasteiger partial charge in [-0.1, -0.05) is 12.1 Å². The lowest BCUT2D eigenvalue weighted by molar-refractivity contribution is 0.0840. The third kappa shape index (κ3) is 5.21. The van der Waals surface area contributed by atoms with Crippen LogP contribution in [0, 0.1) is 11.8 Å². The molecule has 1 saturated heterocycles. The molecule has 1 saturated carbocycles. The van der Waals surface area contributed by atoms with Crippen molar-refractivity contribution < 1.29 is 13.2 Å². The van der Waals surface area contributed by atoms with Crippen LogP contribution in [0.3, 0.4) is 0 Å². The highest BCUT2D eigenvalue weighted by atomic mass is 32.2. The zero-order valence-electron chi connectivity index (χ0n) is 19.4. The average Bonchev–Trinajstić information content (AvgIpc) is 2.96. The van der Waals surface area contributed by atoms with E-state index >= 15 is 0 Å². The first-order chi connectivity index (χ1) is 16.4. The Hall–Kier alpha value is -2.62. The second-order valence-electron chi connectivity index (χ2n) is 9.64. The minimum Gasteiger partial charge on any atom is -0.368 e. The number of nitrogens with zero attached hydrogens (tertiary/aromatic N) is 4. The number of nitrogens with one attached hydrogen (secondary N) is 1. The lowest BCUT2D eigenvalue weighted by atomic mass is 9.74. The minimum absolute atomic E-state index is 0.0783. The van der Waals surface area contributed by atoms with E-state index < -0.39 is 10.0 Å². The second-order valence-corrected chi connectivity index (χ2v) is 11.4. The third-order valence-corrected chi connectivity index (χ3v) is 7.92. The molecule has 0 bridgehead atoms. The van der Waals surface area contributed by atoms with E-state index in [1.807, 2.05) is 30.6 Å². The summed E-state index contributed by atoms with van der Waals surface area (Å²) in [5.41, 5.74) is 3.55. The molecule has 3 atom stereocenters. The first-order valence-corrected chi connectivity index (χ1v) is 13.8. The Kier molecular flexibility index (Phi) is 6.50. The molecule has 5 rings (SSSR count). The average molecular weight is 482 g/mol. The predicted octanol–water partition coefficient (Wildman–Crippen LogP) is 2.34. The van der Waals surface area contributed by atoms with Crippen LogP contribution in [0.4, 0.5) is 5.69 Å². The number of fused-ring (bicyclic) bond motifs is 2. The normalized spacial score (nSPS) is 25.5. The highest BCUT2D eigenvalue weighted by Gasteiger charge is 2.37. The lowest BCUT2D eigenvalue weighted by Crippen LogP contribution is -2.46. The number of hydrogen-bond donors (Lipinski definition) is 1. The van der Waals surface area contributed by atoms with Crippen molar-refractivity contribution in [3.63, 3.8) is 0 Å². The molecule has 2 fully saturated rings. The summed E-state index contributed by atoms with van der Waals surface area (Å²) >= 11 is 0. The molecule has 8 nitrogen and oxygen atoms in total. The fourth-order valence-corrected chi connectivity index (χ4v) is 6.25. The number of piperazine rings is 1. The monoisotopic (exact) mass is 481 g/mol. The van der Waals surface area contributed by atoms with Crippen LogP contribution in [0.25, 0.3) is 6.08 Å². The van der Waals surface area contributed by atoms with Gasteiger partial charge in [0.05, 0.1) is 23.8 Å². The molecule has 2 aromatic heterocycles. The van der Waals surface area contributed by atoms with E-state index in [9.17, 15) is 13.2 Å². The van der Waals surface area contributed by atoms with Gasteiger partial charge in [0.1, 0.15) is 0 Å². The molecule has 0 amide bonds. The molecule has 9 heteroatoms. The van der Waals surface area contributed by atoms with E-state index in [1.165, 1.54) is 11.8 Å². The number of hydrogen-bond acceptors (Lipinski definition) is 7. The Morgan fingerprint density at radius 2 is 1.97 bits per heavy atom. The molecule has 2 unspecified atom stereocenters. The van der Waals surface area contributed by atoms with Gasteiger partial charge in [0.25, 0.3) is 0 Å². The van der Waals surface area contributed by atoms with E-state index in [4.69, 9.17) is 0 Å². The van der Waals surface area contributed by atoms with E-state index in [0.29, 0.717) is 17.7 Å². The Bertz CT molecular complexity index is 1180. The molecule has 2 aliphatic carbocycles. The summed E-state index contributed by atoms with van der Waals surface area (Å²) in [5.74, 6) is -0.0211. The fourth-order valence-electron chi connectivity index (χ4n) is 5.43. The largest absolute Gasteiger partial charge is 0.368 e. The molecule has 1 N–H and O–H groups in total. The summed E-state index contributed by atoms with van der Waals surface area (Å²) in [7, 11) is -3.30. The second kappa shape index (κ2) is 9.56. The van der Waals surface area contributed by atoms with Crippen molar-refractivity contribution in [1.82, 2.24) is 19.6 Å². The number of Topliss-reactive ketones (excluding diaryl/α,β-unsaturated/α-hetero) is 1. The quantitative estimate of drug-likeness (QED) is 0.700. The van der Waals surface area contributed by atoms with Gasteiger partial charge in [-0.3, -0.25) is 19.7 Å². The van der Waals surface area contributed by atoms with Crippen molar-refractivity contribution >= 4 is 27.6 Å².